The largest absolute Gasteiger partial charge is 0.437 e. The van der Waals surface area contributed by atoms with Crippen LogP contribution >= 0.6 is 0 Å². The molecule has 5 aromatic heterocycles. The van der Waals surface area contributed by atoms with Gasteiger partial charge in [-0.3, -0.25) is 4.57 Å². The molecular formula is C51H31N5O. The van der Waals surface area contributed by atoms with Crippen LogP contribution in [0.5, 0.6) is 0 Å². The summed E-state index contributed by atoms with van der Waals surface area (Å²) in [6, 6.07) is 57.8. The normalized spacial score (nSPS) is 12.4. The van der Waals surface area contributed by atoms with Crippen molar-refractivity contribution in [2.45, 2.75) is 6.42 Å². The number of anilines is 1. The summed E-state index contributed by atoms with van der Waals surface area (Å²) in [7, 11) is 0. The summed E-state index contributed by atoms with van der Waals surface area (Å²) in [5, 5.41) is 11.2. The average molecular weight is 730 g/mol. The first-order valence-corrected chi connectivity index (χ1v) is 19.3. The van der Waals surface area contributed by atoms with Gasteiger partial charge in [0, 0.05) is 55.4 Å². The lowest BCUT2D eigenvalue weighted by Crippen LogP contribution is -2.06. The van der Waals surface area contributed by atoms with Crippen LogP contribution in [0.4, 0.5) is 5.69 Å². The maximum atomic E-state index is 7.33. The van der Waals surface area contributed by atoms with Crippen molar-refractivity contribution in [1.29, 1.82) is 0 Å². The highest BCUT2D eigenvalue weighted by atomic mass is 16.3. The third kappa shape index (κ3) is 4.08. The molecule has 5 heterocycles. The summed E-state index contributed by atoms with van der Waals surface area (Å²) in [4.78, 5) is 10.7. The van der Waals surface area contributed by atoms with Crippen molar-refractivity contribution in [2.24, 2.45) is 0 Å². The molecule has 13 aromatic rings. The standard InChI is InChI=1S/C51H31N5O/c52-38-28-37-34-17-5-8-20-39(34)55-42-23-11-6-18-35(42)46(49(37)55)48(38)45-30(26-25-29-13-1-2-14-31(29)45)27-44-53-50(47-36-19-7-12-24-43(36)57-51(47)54-44)56-40-21-9-3-15-32(40)33-16-4-10-22-41(33)56/h1-26,28H,27,52H2. The van der Waals surface area contributed by atoms with Crippen molar-refractivity contribution < 1.29 is 4.42 Å². The number of aromatic nitrogens is 4. The number of hydrogen-bond acceptors (Lipinski definition) is 4. The van der Waals surface area contributed by atoms with Crippen molar-refractivity contribution in [3.63, 3.8) is 0 Å². The molecule has 0 spiro atoms. The number of benzene rings is 8. The Balaban J connectivity index is 1.12. The summed E-state index contributed by atoms with van der Waals surface area (Å²) in [5.74, 6) is 1.47. The minimum atomic E-state index is 0.457. The second-order valence-corrected chi connectivity index (χ2v) is 15.1. The molecule has 0 fully saturated rings. The Morgan fingerprint density at radius 3 is 1.81 bits per heavy atom. The zero-order valence-corrected chi connectivity index (χ0v) is 30.6. The Bertz CT molecular complexity index is 3760. The number of furan rings is 1. The van der Waals surface area contributed by atoms with E-state index in [1.807, 2.05) is 18.2 Å². The van der Waals surface area contributed by atoms with Gasteiger partial charge in [-0.15, -0.1) is 0 Å². The smallest absolute Gasteiger partial charge is 0.232 e. The fourth-order valence-corrected chi connectivity index (χ4v) is 9.78. The lowest BCUT2D eigenvalue weighted by atomic mass is 9.87. The van der Waals surface area contributed by atoms with Crippen molar-refractivity contribution >= 4 is 98.4 Å². The first-order valence-electron chi connectivity index (χ1n) is 19.3. The van der Waals surface area contributed by atoms with Crippen LogP contribution in [0.3, 0.4) is 0 Å². The van der Waals surface area contributed by atoms with E-state index < -0.39 is 0 Å². The Kier molecular flexibility index (Phi) is 6.00. The van der Waals surface area contributed by atoms with Crippen LogP contribution in [0.25, 0.3) is 110 Å². The van der Waals surface area contributed by atoms with Gasteiger partial charge < -0.3 is 14.6 Å². The SMILES string of the molecule is Nc1cc2c3ccccc3n3c4ccccc4c(c1-c1c(Cc4nc(-n5c6ccccc6c6ccccc65)c5c(n4)oc4ccccc45)ccc4ccccc14)c23. The first kappa shape index (κ1) is 30.6. The van der Waals surface area contributed by atoms with Gasteiger partial charge in [0.2, 0.25) is 5.71 Å². The zero-order chi connectivity index (χ0) is 37.4. The zero-order valence-electron chi connectivity index (χ0n) is 30.6. The number of fused-ring (bicyclic) bond motifs is 13. The number of nitrogens with two attached hydrogens (primary N) is 1. The fraction of sp³-hybridized carbons (Fsp3) is 0.0196. The molecule has 0 radical (unpaired) electrons. The minimum absolute atomic E-state index is 0.457. The molecule has 2 N–H and O–H groups in total. The monoisotopic (exact) mass is 729 g/mol. The van der Waals surface area contributed by atoms with E-state index in [-0.39, 0.29) is 0 Å². The number of para-hydroxylation sites is 5. The van der Waals surface area contributed by atoms with E-state index in [9.17, 15) is 0 Å². The van der Waals surface area contributed by atoms with E-state index in [1.54, 1.807) is 0 Å². The number of nitrogens with zero attached hydrogens (tertiary/aromatic N) is 4. The molecule has 8 aromatic carbocycles. The Labute approximate surface area is 325 Å². The highest BCUT2D eigenvalue weighted by molar-refractivity contribution is 6.30. The predicted molar refractivity (Wildman–Crippen MR) is 235 cm³/mol. The summed E-state index contributed by atoms with van der Waals surface area (Å²) in [6.07, 6.45) is 0.457. The van der Waals surface area contributed by atoms with Gasteiger partial charge in [0.05, 0.1) is 33.0 Å². The molecule has 266 valence electrons. The second kappa shape index (κ2) is 11.2. The Morgan fingerprint density at radius 2 is 1.07 bits per heavy atom. The van der Waals surface area contributed by atoms with E-state index in [1.165, 1.54) is 38.1 Å². The van der Waals surface area contributed by atoms with Crippen molar-refractivity contribution in [3.05, 3.63) is 175 Å². The summed E-state index contributed by atoms with van der Waals surface area (Å²) in [6.45, 7) is 0. The predicted octanol–water partition coefficient (Wildman–Crippen LogP) is 12.6. The molecule has 0 amide bonds. The minimum Gasteiger partial charge on any atom is -0.437 e. The van der Waals surface area contributed by atoms with Gasteiger partial charge in [0.25, 0.3) is 0 Å². The highest BCUT2D eigenvalue weighted by Gasteiger charge is 2.26. The van der Waals surface area contributed by atoms with Crippen LogP contribution in [0.2, 0.25) is 0 Å². The van der Waals surface area contributed by atoms with E-state index in [4.69, 9.17) is 20.1 Å². The molecule has 0 aliphatic carbocycles. The molecule has 0 atom stereocenters. The van der Waals surface area contributed by atoms with Gasteiger partial charge in [0.15, 0.2) is 5.82 Å². The quantitative estimate of drug-likeness (QED) is 0.183. The molecule has 0 bridgehead atoms. The lowest BCUT2D eigenvalue weighted by Gasteiger charge is -2.18. The highest BCUT2D eigenvalue weighted by Crippen LogP contribution is 2.49. The number of rotatable bonds is 4. The maximum Gasteiger partial charge on any atom is 0.232 e. The number of nitrogen functional groups attached to an aromatic ring is 1. The van der Waals surface area contributed by atoms with Crippen LogP contribution in [0.15, 0.2) is 168 Å². The third-order valence-corrected chi connectivity index (χ3v) is 12.1. The van der Waals surface area contributed by atoms with Crippen LogP contribution in [0, 0.1) is 0 Å². The molecule has 6 heteroatoms. The molecule has 13 rings (SSSR count). The Morgan fingerprint density at radius 1 is 0.491 bits per heavy atom. The van der Waals surface area contributed by atoms with Gasteiger partial charge >= 0.3 is 0 Å². The first-order chi connectivity index (χ1) is 28.2. The average Bonchev–Trinajstić information content (AvgIpc) is 3.99. The summed E-state index contributed by atoms with van der Waals surface area (Å²) in [5.41, 5.74) is 18.4. The van der Waals surface area contributed by atoms with Gasteiger partial charge in [-0.1, -0.05) is 127 Å². The van der Waals surface area contributed by atoms with E-state index in [0.29, 0.717) is 18.0 Å². The van der Waals surface area contributed by atoms with E-state index in [2.05, 4.69) is 155 Å². The van der Waals surface area contributed by atoms with Crippen LogP contribution < -0.4 is 5.73 Å². The van der Waals surface area contributed by atoms with Gasteiger partial charge in [0.1, 0.15) is 11.4 Å². The van der Waals surface area contributed by atoms with Crippen LogP contribution in [-0.4, -0.2) is 18.9 Å². The van der Waals surface area contributed by atoms with Crippen molar-refractivity contribution in [2.75, 3.05) is 5.73 Å². The molecule has 57 heavy (non-hydrogen) atoms. The van der Waals surface area contributed by atoms with E-state index >= 15 is 0 Å². The summed E-state index contributed by atoms with van der Waals surface area (Å²) >= 11 is 0. The fourth-order valence-electron chi connectivity index (χ4n) is 9.78. The molecule has 0 saturated carbocycles. The van der Waals surface area contributed by atoms with Gasteiger partial charge in [-0.25, -0.2) is 4.98 Å². The van der Waals surface area contributed by atoms with Gasteiger partial charge in [-0.2, -0.15) is 4.98 Å². The number of hydrogen-bond donors (Lipinski definition) is 1. The van der Waals surface area contributed by atoms with Crippen molar-refractivity contribution in [3.8, 4) is 16.9 Å². The summed E-state index contributed by atoms with van der Waals surface area (Å²) < 4.78 is 11.3. The molecule has 6 nitrogen and oxygen atoms in total. The molecule has 0 aliphatic rings. The van der Waals surface area contributed by atoms with Crippen LogP contribution in [-0.2, 0) is 6.42 Å². The van der Waals surface area contributed by atoms with Crippen molar-refractivity contribution in [1.82, 2.24) is 18.9 Å². The molecular weight excluding hydrogens is 699 g/mol. The molecule has 0 saturated heterocycles. The Hall–Kier alpha value is -7.70. The van der Waals surface area contributed by atoms with Crippen LogP contribution in [0.1, 0.15) is 11.4 Å². The van der Waals surface area contributed by atoms with E-state index in [0.717, 1.165) is 77.1 Å². The third-order valence-electron chi connectivity index (χ3n) is 12.1. The second-order valence-electron chi connectivity index (χ2n) is 15.1. The molecule has 0 unspecified atom stereocenters. The van der Waals surface area contributed by atoms with Gasteiger partial charge in [-0.05, 0) is 58.3 Å². The topological polar surface area (TPSA) is 74.3 Å². The maximum absolute atomic E-state index is 7.33. The lowest BCUT2D eigenvalue weighted by molar-refractivity contribution is 0.649. The molecule has 0 aliphatic heterocycles.